The van der Waals surface area contributed by atoms with E-state index in [0.717, 1.165) is 10.6 Å². The van der Waals surface area contributed by atoms with Crippen LogP contribution in [-0.4, -0.2) is 25.1 Å². The van der Waals surface area contributed by atoms with Gasteiger partial charge in [-0.05, 0) is 13.0 Å². The fourth-order valence-corrected chi connectivity index (χ4v) is 3.66. The van der Waals surface area contributed by atoms with Crippen molar-refractivity contribution in [2.24, 2.45) is 0 Å². The first-order chi connectivity index (χ1) is 12.5. The Morgan fingerprint density at radius 1 is 1.12 bits per heavy atom. The highest BCUT2D eigenvalue weighted by Crippen LogP contribution is 2.36. The molecule has 0 fully saturated rings. The zero-order valence-corrected chi connectivity index (χ0v) is 16.1. The summed E-state index contributed by atoms with van der Waals surface area (Å²) < 4.78 is 10.5. The number of rotatable bonds is 5. The summed E-state index contributed by atoms with van der Waals surface area (Å²) in [4.78, 5) is 17.8. The van der Waals surface area contributed by atoms with E-state index in [1.807, 2.05) is 37.3 Å². The number of carbonyl (C=O) groups excluding carboxylic acids is 1. The number of methoxy groups -OCH3 is 2. The van der Waals surface area contributed by atoms with Gasteiger partial charge in [-0.15, -0.1) is 11.3 Å². The van der Waals surface area contributed by atoms with Crippen molar-refractivity contribution in [1.82, 2.24) is 4.98 Å². The molecule has 0 aliphatic heterocycles. The fraction of sp³-hybridized carbons (Fsp3) is 0.158. The average Bonchev–Trinajstić information content (AvgIpc) is 3.04. The minimum absolute atomic E-state index is 0.262. The lowest BCUT2D eigenvalue weighted by Gasteiger charge is -2.12. The molecule has 1 amide bonds. The second-order valence-electron chi connectivity index (χ2n) is 5.44. The van der Waals surface area contributed by atoms with Crippen molar-refractivity contribution in [3.05, 3.63) is 58.1 Å². The minimum atomic E-state index is -0.262. The minimum Gasteiger partial charge on any atom is -0.495 e. The summed E-state index contributed by atoms with van der Waals surface area (Å²) in [6.07, 6.45) is 0. The topological polar surface area (TPSA) is 60.5 Å². The van der Waals surface area contributed by atoms with Crippen molar-refractivity contribution in [3.63, 3.8) is 0 Å². The van der Waals surface area contributed by atoms with E-state index < -0.39 is 0 Å². The molecule has 1 N–H and O–H groups in total. The van der Waals surface area contributed by atoms with Gasteiger partial charge < -0.3 is 14.8 Å². The number of halogens is 1. The number of amides is 1. The van der Waals surface area contributed by atoms with E-state index in [4.69, 9.17) is 21.1 Å². The third-order valence-electron chi connectivity index (χ3n) is 3.75. The fourth-order valence-electron chi connectivity index (χ4n) is 2.45. The molecule has 0 saturated carbocycles. The number of nitrogens with one attached hydrogen (secondary N) is 1. The first-order valence-corrected chi connectivity index (χ1v) is 8.98. The van der Waals surface area contributed by atoms with Crippen molar-refractivity contribution in [3.8, 4) is 22.1 Å². The number of thiazole rings is 1. The van der Waals surface area contributed by atoms with Crippen LogP contribution in [0.4, 0.5) is 5.69 Å². The molecule has 3 aromatic rings. The molecule has 3 rings (SSSR count). The third-order valence-corrected chi connectivity index (χ3v) is 5.25. The van der Waals surface area contributed by atoms with E-state index in [1.54, 1.807) is 12.1 Å². The highest BCUT2D eigenvalue weighted by atomic mass is 35.5. The summed E-state index contributed by atoms with van der Waals surface area (Å²) in [7, 11) is 3.04. The number of anilines is 1. The van der Waals surface area contributed by atoms with E-state index >= 15 is 0 Å². The van der Waals surface area contributed by atoms with Gasteiger partial charge in [0.05, 0.1) is 30.6 Å². The van der Waals surface area contributed by atoms with Gasteiger partial charge in [-0.3, -0.25) is 4.79 Å². The third kappa shape index (κ3) is 3.66. The van der Waals surface area contributed by atoms with Crippen LogP contribution in [-0.2, 0) is 0 Å². The molecule has 0 bridgehead atoms. The number of aromatic nitrogens is 1. The molecule has 1 aromatic heterocycles. The number of ether oxygens (including phenoxy) is 2. The molecule has 0 saturated heterocycles. The standard InChI is InChI=1S/C19H17ClN2O3S/c1-11-17(26-19(21-11)12-7-5-4-6-8-12)18(23)22-14-9-13(20)15(24-2)10-16(14)25-3/h4-10H,1-3H3,(H,22,23). The lowest BCUT2D eigenvalue weighted by Crippen LogP contribution is -2.12. The van der Waals surface area contributed by atoms with Gasteiger partial charge in [-0.2, -0.15) is 0 Å². The molecule has 5 nitrogen and oxygen atoms in total. The highest BCUT2D eigenvalue weighted by molar-refractivity contribution is 7.17. The van der Waals surface area contributed by atoms with Gasteiger partial charge in [-0.25, -0.2) is 4.98 Å². The molecule has 0 aliphatic carbocycles. The van der Waals surface area contributed by atoms with Crippen LogP contribution in [0.3, 0.4) is 0 Å². The van der Waals surface area contributed by atoms with Crippen LogP contribution < -0.4 is 14.8 Å². The maximum atomic E-state index is 12.7. The van der Waals surface area contributed by atoms with Crippen LogP contribution in [0, 0.1) is 6.92 Å². The van der Waals surface area contributed by atoms with Crippen molar-refractivity contribution < 1.29 is 14.3 Å². The molecule has 0 spiro atoms. The molecule has 0 atom stereocenters. The summed E-state index contributed by atoms with van der Waals surface area (Å²) >= 11 is 7.51. The van der Waals surface area contributed by atoms with E-state index in [-0.39, 0.29) is 5.91 Å². The molecule has 26 heavy (non-hydrogen) atoms. The number of nitrogens with zero attached hydrogens (tertiary/aromatic N) is 1. The van der Waals surface area contributed by atoms with Gasteiger partial charge in [0.1, 0.15) is 21.4 Å². The maximum absolute atomic E-state index is 12.7. The molecule has 7 heteroatoms. The first-order valence-electron chi connectivity index (χ1n) is 7.79. The molecule has 0 unspecified atom stereocenters. The van der Waals surface area contributed by atoms with Gasteiger partial charge in [0, 0.05) is 11.6 Å². The smallest absolute Gasteiger partial charge is 0.267 e. The largest absolute Gasteiger partial charge is 0.495 e. The van der Waals surface area contributed by atoms with Crippen molar-refractivity contribution in [2.75, 3.05) is 19.5 Å². The number of aryl methyl sites for hydroxylation is 1. The lowest BCUT2D eigenvalue weighted by atomic mass is 10.2. The van der Waals surface area contributed by atoms with Gasteiger partial charge >= 0.3 is 0 Å². The maximum Gasteiger partial charge on any atom is 0.267 e. The van der Waals surface area contributed by atoms with Crippen molar-refractivity contribution in [1.29, 1.82) is 0 Å². The lowest BCUT2D eigenvalue weighted by molar-refractivity contribution is 0.102. The summed E-state index contributed by atoms with van der Waals surface area (Å²) in [6.45, 7) is 1.82. The number of benzene rings is 2. The zero-order valence-electron chi connectivity index (χ0n) is 14.5. The number of hydrogen-bond donors (Lipinski definition) is 1. The quantitative estimate of drug-likeness (QED) is 0.665. The van der Waals surface area contributed by atoms with Gasteiger partial charge in [0.2, 0.25) is 0 Å². The predicted molar refractivity (Wildman–Crippen MR) is 105 cm³/mol. The van der Waals surface area contributed by atoms with Crippen LogP contribution in [0.1, 0.15) is 15.4 Å². The predicted octanol–water partition coefficient (Wildman–Crippen LogP) is 5.04. The Morgan fingerprint density at radius 2 is 1.81 bits per heavy atom. The molecule has 134 valence electrons. The average molecular weight is 389 g/mol. The van der Waals surface area contributed by atoms with E-state index in [2.05, 4.69) is 10.3 Å². The zero-order chi connectivity index (χ0) is 18.7. The first kappa shape index (κ1) is 18.2. The Labute approximate surface area is 160 Å². The van der Waals surface area contributed by atoms with E-state index in [1.165, 1.54) is 25.6 Å². The Kier molecular flexibility index (Phi) is 5.44. The van der Waals surface area contributed by atoms with Crippen LogP contribution in [0.15, 0.2) is 42.5 Å². The Morgan fingerprint density at radius 3 is 2.46 bits per heavy atom. The molecule has 0 radical (unpaired) electrons. The SMILES string of the molecule is COc1cc(OC)c(NC(=O)c2sc(-c3ccccc3)nc2C)cc1Cl. The van der Waals surface area contributed by atoms with Gasteiger partial charge in [0.15, 0.2) is 0 Å². The second-order valence-corrected chi connectivity index (χ2v) is 6.85. The normalized spacial score (nSPS) is 10.5. The van der Waals surface area contributed by atoms with Crippen LogP contribution >= 0.6 is 22.9 Å². The van der Waals surface area contributed by atoms with Crippen molar-refractivity contribution in [2.45, 2.75) is 6.92 Å². The van der Waals surface area contributed by atoms with E-state index in [0.29, 0.717) is 32.8 Å². The number of hydrogen-bond acceptors (Lipinski definition) is 5. The molecule has 1 heterocycles. The van der Waals surface area contributed by atoms with Crippen molar-refractivity contribution >= 4 is 34.5 Å². The summed E-state index contributed by atoms with van der Waals surface area (Å²) in [5.41, 5.74) is 2.12. The summed E-state index contributed by atoms with van der Waals surface area (Å²) in [6, 6.07) is 13.0. The van der Waals surface area contributed by atoms with Gasteiger partial charge in [0.25, 0.3) is 5.91 Å². The monoisotopic (exact) mass is 388 g/mol. The number of carbonyl (C=O) groups is 1. The second kappa shape index (κ2) is 7.76. The molecular weight excluding hydrogens is 372 g/mol. The highest BCUT2D eigenvalue weighted by Gasteiger charge is 2.19. The van der Waals surface area contributed by atoms with Gasteiger partial charge in [-0.1, -0.05) is 41.9 Å². The van der Waals surface area contributed by atoms with Crippen LogP contribution in [0.5, 0.6) is 11.5 Å². The molecular formula is C19H17ClN2O3S. The van der Waals surface area contributed by atoms with E-state index in [9.17, 15) is 4.79 Å². The Hall–Kier alpha value is -2.57. The molecule has 2 aromatic carbocycles. The van der Waals surface area contributed by atoms with Crippen LogP contribution in [0.2, 0.25) is 5.02 Å². The van der Waals surface area contributed by atoms with Crippen LogP contribution in [0.25, 0.3) is 10.6 Å². The molecule has 0 aliphatic rings. The Bertz CT molecular complexity index is 941. The Balaban J connectivity index is 1.90. The summed E-state index contributed by atoms with van der Waals surface area (Å²) in [5.74, 6) is 0.675. The summed E-state index contributed by atoms with van der Waals surface area (Å²) in [5, 5.41) is 4.02.